The average Bonchev–Trinajstić information content (AvgIpc) is 2.43. The van der Waals surface area contributed by atoms with Crippen LogP contribution in [0.1, 0.15) is 11.3 Å². The van der Waals surface area contributed by atoms with Gasteiger partial charge in [-0.2, -0.15) is 0 Å². The minimum Gasteiger partial charge on any atom is -0.322 e. The highest BCUT2D eigenvalue weighted by Gasteiger charge is 2.11. The molecule has 7 heteroatoms. The number of hydrogen-bond donors (Lipinski definition) is 1. The number of rotatable bonds is 3. The van der Waals surface area contributed by atoms with Crippen molar-refractivity contribution < 1.29 is 13.6 Å². The van der Waals surface area contributed by atoms with Crippen LogP contribution < -0.4 is 10.9 Å². The standard InChI is InChI=1S/C14H13F2N3O2/c1-8-9(2)17-7-19(14(8)21)6-13(20)18-12-5-10(15)3-4-11(12)16/h3-5,7H,6H2,1-2H3,(H,18,20). The molecule has 0 saturated carbocycles. The van der Waals surface area contributed by atoms with E-state index in [4.69, 9.17) is 0 Å². The number of carbonyl (C=O) groups is 1. The summed E-state index contributed by atoms with van der Waals surface area (Å²) >= 11 is 0. The largest absolute Gasteiger partial charge is 0.322 e. The lowest BCUT2D eigenvalue weighted by Gasteiger charge is -2.09. The van der Waals surface area contributed by atoms with Crippen LogP contribution in [-0.4, -0.2) is 15.5 Å². The zero-order valence-corrected chi connectivity index (χ0v) is 11.5. The van der Waals surface area contributed by atoms with Crippen molar-refractivity contribution in [1.29, 1.82) is 0 Å². The van der Waals surface area contributed by atoms with Gasteiger partial charge in [0.1, 0.15) is 18.2 Å². The summed E-state index contributed by atoms with van der Waals surface area (Å²) in [5, 5.41) is 2.22. The van der Waals surface area contributed by atoms with Gasteiger partial charge in [0.25, 0.3) is 5.56 Å². The van der Waals surface area contributed by atoms with Gasteiger partial charge < -0.3 is 5.32 Å². The van der Waals surface area contributed by atoms with Gasteiger partial charge in [-0.1, -0.05) is 0 Å². The number of hydrogen-bond acceptors (Lipinski definition) is 3. The number of halogens is 2. The normalized spacial score (nSPS) is 10.5. The van der Waals surface area contributed by atoms with Crippen molar-refractivity contribution in [1.82, 2.24) is 9.55 Å². The van der Waals surface area contributed by atoms with E-state index in [-0.39, 0.29) is 17.8 Å². The molecule has 21 heavy (non-hydrogen) atoms. The van der Waals surface area contributed by atoms with Crippen molar-refractivity contribution in [3.05, 3.63) is 57.8 Å². The Morgan fingerprint density at radius 2 is 2.05 bits per heavy atom. The van der Waals surface area contributed by atoms with Gasteiger partial charge in [-0.05, 0) is 26.0 Å². The Labute approximate surface area is 119 Å². The minimum absolute atomic E-state index is 0.273. The lowest BCUT2D eigenvalue weighted by atomic mass is 10.2. The van der Waals surface area contributed by atoms with Crippen molar-refractivity contribution in [2.24, 2.45) is 0 Å². The molecule has 0 unspecified atom stereocenters. The molecule has 0 bridgehead atoms. The quantitative estimate of drug-likeness (QED) is 0.938. The first-order valence-electron chi connectivity index (χ1n) is 6.16. The summed E-state index contributed by atoms with van der Waals surface area (Å²) in [5.41, 5.74) is 0.386. The molecular formula is C14H13F2N3O2. The molecule has 0 atom stereocenters. The van der Waals surface area contributed by atoms with Crippen LogP contribution in [0, 0.1) is 25.5 Å². The number of aromatic nitrogens is 2. The number of amides is 1. The first-order valence-corrected chi connectivity index (χ1v) is 6.16. The fourth-order valence-electron chi connectivity index (χ4n) is 1.73. The molecular weight excluding hydrogens is 280 g/mol. The Morgan fingerprint density at radius 3 is 2.76 bits per heavy atom. The summed E-state index contributed by atoms with van der Waals surface area (Å²) in [5.74, 6) is -2.07. The molecule has 1 heterocycles. The average molecular weight is 293 g/mol. The van der Waals surface area contributed by atoms with Crippen molar-refractivity contribution in [2.45, 2.75) is 20.4 Å². The first kappa shape index (κ1) is 14.8. The van der Waals surface area contributed by atoms with Crippen LogP contribution in [0.25, 0.3) is 0 Å². The summed E-state index contributed by atoms with van der Waals surface area (Å²) in [6.45, 7) is 2.96. The lowest BCUT2D eigenvalue weighted by Crippen LogP contribution is -2.29. The molecule has 0 radical (unpaired) electrons. The predicted octanol–water partition coefficient (Wildman–Crippen LogP) is 1.78. The zero-order valence-electron chi connectivity index (χ0n) is 11.5. The van der Waals surface area contributed by atoms with Gasteiger partial charge in [0.05, 0.1) is 12.0 Å². The zero-order chi connectivity index (χ0) is 15.6. The van der Waals surface area contributed by atoms with Gasteiger partial charge in [0, 0.05) is 17.3 Å². The summed E-state index contributed by atoms with van der Waals surface area (Å²) in [7, 11) is 0. The maximum Gasteiger partial charge on any atom is 0.256 e. The molecule has 0 aliphatic carbocycles. The number of aryl methyl sites for hydroxylation is 1. The van der Waals surface area contributed by atoms with E-state index in [9.17, 15) is 18.4 Å². The maximum absolute atomic E-state index is 13.4. The van der Waals surface area contributed by atoms with E-state index in [0.29, 0.717) is 11.3 Å². The van der Waals surface area contributed by atoms with Gasteiger partial charge in [-0.15, -0.1) is 0 Å². The number of nitrogens with one attached hydrogen (secondary N) is 1. The third-order valence-electron chi connectivity index (χ3n) is 3.03. The summed E-state index contributed by atoms with van der Waals surface area (Å²) in [4.78, 5) is 27.7. The molecule has 0 aliphatic rings. The van der Waals surface area contributed by atoms with Crippen LogP contribution in [0.15, 0.2) is 29.3 Å². The van der Waals surface area contributed by atoms with E-state index in [0.717, 1.165) is 22.8 Å². The topological polar surface area (TPSA) is 64.0 Å². The molecule has 0 spiro atoms. The fraction of sp³-hybridized carbons (Fsp3) is 0.214. The molecule has 1 N–H and O–H groups in total. The highest BCUT2D eigenvalue weighted by Crippen LogP contribution is 2.15. The summed E-state index contributed by atoms with van der Waals surface area (Å²) in [6, 6.07) is 2.73. The van der Waals surface area contributed by atoms with E-state index in [1.54, 1.807) is 13.8 Å². The second-order valence-corrected chi connectivity index (χ2v) is 4.56. The van der Waals surface area contributed by atoms with Crippen LogP contribution in [0.5, 0.6) is 0 Å². The fourth-order valence-corrected chi connectivity index (χ4v) is 1.73. The van der Waals surface area contributed by atoms with Crippen molar-refractivity contribution in [3.63, 3.8) is 0 Å². The van der Waals surface area contributed by atoms with Gasteiger partial charge >= 0.3 is 0 Å². The summed E-state index contributed by atoms with van der Waals surface area (Å²) < 4.78 is 27.5. The smallest absolute Gasteiger partial charge is 0.256 e. The highest BCUT2D eigenvalue weighted by atomic mass is 19.1. The second kappa shape index (κ2) is 5.82. The first-order chi connectivity index (χ1) is 9.88. The molecule has 0 saturated heterocycles. The molecule has 2 aromatic rings. The Bertz CT molecular complexity index is 756. The molecule has 110 valence electrons. The van der Waals surface area contributed by atoms with Crippen molar-refractivity contribution in [2.75, 3.05) is 5.32 Å². The molecule has 1 aromatic heterocycles. The third kappa shape index (κ3) is 3.31. The Morgan fingerprint density at radius 1 is 1.33 bits per heavy atom. The monoisotopic (exact) mass is 293 g/mol. The van der Waals surface area contributed by atoms with E-state index in [2.05, 4.69) is 10.3 Å². The minimum atomic E-state index is -0.754. The van der Waals surface area contributed by atoms with E-state index in [1.165, 1.54) is 6.33 Å². The molecule has 5 nitrogen and oxygen atoms in total. The van der Waals surface area contributed by atoms with E-state index < -0.39 is 17.5 Å². The number of carbonyl (C=O) groups excluding carboxylic acids is 1. The SMILES string of the molecule is Cc1ncn(CC(=O)Nc2cc(F)ccc2F)c(=O)c1C. The van der Waals surface area contributed by atoms with Crippen LogP contribution in [0.3, 0.4) is 0 Å². The number of benzene rings is 1. The maximum atomic E-state index is 13.4. The molecule has 1 amide bonds. The Hall–Kier alpha value is -2.57. The van der Waals surface area contributed by atoms with E-state index in [1.807, 2.05) is 0 Å². The van der Waals surface area contributed by atoms with Gasteiger partial charge in [-0.25, -0.2) is 13.8 Å². The van der Waals surface area contributed by atoms with Gasteiger partial charge in [-0.3, -0.25) is 14.2 Å². The van der Waals surface area contributed by atoms with Crippen molar-refractivity contribution in [3.8, 4) is 0 Å². The van der Waals surface area contributed by atoms with Gasteiger partial charge in [0.15, 0.2) is 0 Å². The van der Waals surface area contributed by atoms with Crippen LogP contribution in [-0.2, 0) is 11.3 Å². The van der Waals surface area contributed by atoms with E-state index >= 15 is 0 Å². The van der Waals surface area contributed by atoms with Crippen LogP contribution in [0.2, 0.25) is 0 Å². The van der Waals surface area contributed by atoms with Crippen molar-refractivity contribution >= 4 is 11.6 Å². The molecule has 2 rings (SSSR count). The predicted molar refractivity (Wildman–Crippen MR) is 73.0 cm³/mol. The lowest BCUT2D eigenvalue weighted by molar-refractivity contribution is -0.116. The molecule has 0 fully saturated rings. The molecule has 1 aromatic carbocycles. The summed E-state index contributed by atoms with van der Waals surface area (Å²) in [6.07, 6.45) is 1.24. The highest BCUT2D eigenvalue weighted by molar-refractivity contribution is 5.90. The Balaban J connectivity index is 2.18. The Kier molecular flexibility index (Phi) is 4.11. The molecule has 0 aliphatic heterocycles. The van der Waals surface area contributed by atoms with Gasteiger partial charge in [0.2, 0.25) is 5.91 Å². The second-order valence-electron chi connectivity index (χ2n) is 4.56. The van der Waals surface area contributed by atoms with Crippen LogP contribution in [0.4, 0.5) is 14.5 Å². The third-order valence-corrected chi connectivity index (χ3v) is 3.03. The number of nitrogens with zero attached hydrogens (tertiary/aromatic N) is 2. The number of anilines is 1. The van der Waals surface area contributed by atoms with Crippen LogP contribution >= 0.6 is 0 Å².